The average Bonchev–Trinajstić information content (AvgIpc) is 2.12. The summed E-state index contributed by atoms with van der Waals surface area (Å²) in [6, 6.07) is 6.70. The molecule has 14 heavy (non-hydrogen) atoms. The van der Waals surface area contributed by atoms with Crippen LogP contribution < -0.4 is 5.73 Å². The molecule has 0 bridgehead atoms. The normalized spacial score (nSPS) is 12.9. The van der Waals surface area contributed by atoms with Gasteiger partial charge in [0.25, 0.3) is 0 Å². The fourth-order valence-electron chi connectivity index (χ4n) is 1.54. The molecule has 0 fully saturated rings. The van der Waals surface area contributed by atoms with E-state index in [-0.39, 0.29) is 0 Å². The SMILES string of the molecule is Cc1c(Br)cccc1CCCC(C)N. The lowest BCUT2D eigenvalue weighted by atomic mass is 10.0. The van der Waals surface area contributed by atoms with E-state index in [1.165, 1.54) is 22.0 Å². The molecule has 78 valence electrons. The maximum atomic E-state index is 5.72. The lowest BCUT2D eigenvalue weighted by Crippen LogP contribution is -2.14. The van der Waals surface area contributed by atoms with Gasteiger partial charge in [0.05, 0.1) is 0 Å². The van der Waals surface area contributed by atoms with Gasteiger partial charge in [-0.3, -0.25) is 0 Å². The second kappa shape index (κ2) is 5.52. The third-order valence-electron chi connectivity index (χ3n) is 2.49. The Balaban J connectivity index is 2.54. The zero-order valence-corrected chi connectivity index (χ0v) is 10.5. The number of hydrogen-bond acceptors (Lipinski definition) is 1. The first-order valence-electron chi connectivity index (χ1n) is 5.11. The number of hydrogen-bond donors (Lipinski definition) is 1. The Labute approximate surface area is 94.8 Å². The standard InChI is InChI=1S/C12H18BrN/c1-9(14)5-3-6-11-7-4-8-12(13)10(11)2/h4,7-9H,3,5-6,14H2,1-2H3. The molecule has 0 heterocycles. The predicted octanol–water partition coefficient (Wildman–Crippen LogP) is 3.43. The molecule has 0 saturated heterocycles. The van der Waals surface area contributed by atoms with Crippen molar-refractivity contribution in [1.82, 2.24) is 0 Å². The Hall–Kier alpha value is -0.340. The van der Waals surface area contributed by atoms with Gasteiger partial charge in [-0.25, -0.2) is 0 Å². The van der Waals surface area contributed by atoms with Crippen molar-refractivity contribution in [2.24, 2.45) is 5.73 Å². The summed E-state index contributed by atoms with van der Waals surface area (Å²) in [5.41, 5.74) is 8.50. The van der Waals surface area contributed by atoms with Gasteiger partial charge in [0, 0.05) is 10.5 Å². The molecule has 0 spiro atoms. The molecule has 1 unspecified atom stereocenters. The molecular formula is C12H18BrN. The summed E-state index contributed by atoms with van der Waals surface area (Å²) < 4.78 is 1.20. The lowest BCUT2D eigenvalue weighted by molar-refractivity contribution is 0.623. The van der Waals surface area contributed by atoms with E-state index >= 15 is 0 Å². The zero-order valence-electron chi connectivity index (χ0n) is 8.89. The molecule has 2 N–H and O–H groups in total. The number of benzene rings is 1. The van der Waals surface area contributed by atoms with Crippen LogP contribution in [0.2, 0.25) is 0 Å². The maximum Gasteiger partial charge on any atom is 0.0207 e. The third-order valence-corrected chi connectivity index (χ3v) is 3.34. The quantitative estimate of drug-likeness (QED) is 0.877. The molecule has 0 radical (unpaired) electrons. The number of aryl methyl sites for hydroxylation is 1. The fourth-order valence-corrected chi connectivity index (χ4v) is 1.94. The van der Waals surface area contributed by atoms with Gasteiger partial charge in [-0.15, -0.1) is 0 Å². The number of nitrogens with two attached hydrogens (primary N) is 1. The highest BCUT2D eigenvalue weighted by molar-refractivity contribution is 9.10. The van der Waals surface area contributed by atoms with Crippen molar-refractivity contribution >= 4 is 15.9 Å². The molecule has 0 amide bonds. The molecule has 0 aromatic heterocycles. The number of halogens is 1. The van der Waals surface area contributed by atoms with E-state index in [1.807, 2.05) is 0 Å². The topological polar surface area (TPSA) is 26.0 Å². The van der Waals surface area contributed by atoms with Crippen molar-refractivity contribution in [3.05, 3.63) is 33.8 Å². The van der Waals surface area contributed by atoms with Crippen LogP contribution in [0.15, 0.2) is 22.7 Å². The van der Waals surface area contributed by atoms with E-state index in [1.54, 1.807) is 0 Å². The van der Waals surface area contributed by atoms with Gasteiger partial charge >= 0.3 is 0 Å². The third kappa shape index (κ3) is 3.43. The Bertz CT molecular complexity index is 294. The van der Waals surface area contributed by atoms with Crippen LogP contribution in [0, 0.1) is 6.92 Å². The Morgan fingerprint density at radius 2 is 2.14 bits per heavy atom. The molecule has 1 nitrogen and oxygen atoms in total. The molecule has 0 saturated carbocycles. The van der Waals surface area contributed by atoms with E-state index in [4.69, 9.17) is 5.73 Å². The van der Waals surface area contributed by atoms with E-state index in [2.05, 4.69) is 48.0 Å². The van der Waals surface area contributed by atoms with Crippen LogP contribution in [0.25, 0.3) is 0 Å². The van der Waals surface area contributed by atoms with Crippen molar-refractivity contribution < 1.29 is 0 Å². The minimum Gasteiger partial charge on any atom is -0.328 e. The summed E-state index contributed by atoms with van der Waals surface area (Å²) in [4.78, 5) is 0. The Kier molecular flexibility index (Phi) is 4.63. The van der Waals surface area contributed by atoms with Crippen LogP contribution in [0.3, 0.4) is 0 Å². The molecule has 1 aromatic rings. The van der Waals surface area contributed by atoms with Gasteiger partial charge in [-0.2, -0.15) is 0 Å². The molecule has 1 atom stereocenters. The minimum atomic E-state index is 0.322. The average molecular weight is 256 g/mol. The first-order chi connectivity index (χ1) is 6.61. The van der Waals surface area contributed by atoms with Crippen LogP contribution in [-0.4, -0.2) is 6.04 Å². The molecule has 0 aliphatic rings. The van der Waals surface area contributed by atoms with Crippen LogP contribution >= 0.6 is 15.9 Å². The molecule has 0 aliphatic carbocycles. The first-order valence-corrected chi connectivity index (χ1v) is 5.90. The first kappa shape index (κ1) is 11.7. The van der Waals surface area contributed by atoms with E-state index in [0.29, 0.717) is 6.04 Å². The summed E-state index contributed by atoms with van der Waals surface area (Å²) in [6.07, 6.45) is 3.41. The van der Waals surface area contributed by atoms with E-state index in [0.717, 1.165) is 12.8 Å². The van der Waals surface area contributed by atoms with Gasteiger partial charge < -0.3 is 5.73 Å². The summed E-state index contributed by atoms with van der Waals surface area (Å²) >= 11 is 3.54. The molecule has 1 rings (SSSR count). The van der Waals surface area contributed by atoms with Gasteiger partial charge in [0.15, 0.2) is 0 Å². The van der Waals surface area contributed by atoms with E-state index < -0.39 is 0 Å². The molecule has 1 aromatic carbocycles. The van der Waals surface area contributed by atoms with Crippen molar-refractivity contribution in [1.29, 1.82) is 0 Å². The highest BCUT2D eigenvalue weighted by Gasteiger charge is 2.02. The highest BCUT2D eigenvalue weighted by atomic mass is 79.9. The van der Waals surface area contributed by atoms with E-state index in [9.17, 15) is 0 Å². The monoisotopic (exact) mass is 255 g/mol. The number of rotatable bonds is 4. The van der Waals surface area contributed by atoms with Crippen molar-refractivity contribution in [2.45, 2.75) is 39.2 Å². The summed E-state index contributed by atoms with van der Waals surface area (Å²) in [5.74, 6) is 0. The molecule has 0 aliphatic heterocycles. The van der Waals surface area contributed by atoms with Gasteiger partial charge in [0.1, 0.15) is 0 Å². The Morgan fingerprint density at radius 1 is 1.43 bits per heavy atom. The van der Waals surface area contributed by atoms with Crippen molar-refractivity contribution in [2.75, 3.05) is 0 Å². The summed E-state index contributed by atoms with van der Waals surface area (Å²) in [6.45, 7) is 4.22. The largest absolute Gasteiger partial charge is 0.328 e. The highest BCUT2D eigenvalue weighted by Crippen LogP contribution is 2.20. The maximum absolute atomic E-state index is 5.72. The molecule has 2 heteroatoms. The van der Waals surface area contributed by atoms with Crippen molar-refractivity contribution in [3.8, 4) is 0 Å². The minimum absolute atomic E-state index is 0.322. The zero-order chi connectivity index (χ0) is 10.6. The molecular weight excluding hydrogens is 238 g/mol. The summed E-state index contributed by atoms with van der Waals surface area (Å²) in [5, 5.41) is 0. The second-order valence-corrected chi connectivity index (χ2v) is 4.75. The van der Waals surface area contributed by atoms with Crippen LogP contribution in [0.5, 0.6) is 0 Å². The smallest absolute Gasteiger partial charge is 0.0207 e. The second-order valence-electron chi connectivity index (χ2n) is 3.89. The predicted molar refractivity (Wildman–Crippen MR) is 65.5 cm³/mol. The van der Waals surface area contributed by atoms with Crippen LogP contribution in [0.1, 0.15) is 30.9 Å². The van der Waals surface area contributed by atoms with Gasteiger partial charge in [0.2, 0.25) is 0 Å². The van der Waals surface area contributed by atoms with Crippen molar-refractivity contribution in [3.63, 3.8) is 0 Å². The van der Waals surface area contributed by atoms with Gasteiger partial charge in [-0.05, 0) is 50.3 Å². The van der Waals surface area contributed by atoms with Crippen LogP contribution in [-0.2, 0) is 6.42 Å². The summed E-state index contributed by atoms with van der Waals surface area (Å²) in [7, 11) is 0. The Morgan fingerprint density at radius 3 is 2.79 bits per heavy atom. The van der Waals surface area contributed by atoms with Crippen LogP contribution in [0.4, 0.5) is 0 Å². The lowest BCUT2D eigenvalue weighted by Gasteiger charge is -2.08. The van der Waals surface area contributed by atoms with Gasteiger partial charge in [-0.1, -0.05) is 28.1 Å². The fraction of sp³-hybridized carbons (Fsp3) is 0.500.